The molecular formula is C20H31ClN4O. The molecule has 1 aromatic rings. The van der Waals surface area contributed by atoms with Crippen LogP contribution in [0.5, 0.6) is 0 Å². The number of guanidine groups is 1. The van der Waals surface area contributed by atoms with E-state index in [0.29, 0.717) is 0 Å². The highest BCUT2D eigenvalue weighted by molar-refractivity contribution is 6.30. The summed E-state index contributed by atoms with van der Waals surface area (Å²) in [4.78, 5) is 9.43. The van der Waals surface area contributed by atoms with Crippen LogP contribution in [0.2, 0.25) is 5.02 Å². The van der Waals surface area contributed by atoms with Crippen molar-refractivity contribution in [3.05, 3.63) is 34.9 Å². The van der Waals surface area contributed by atoms with Crippen molar-refractivity contribution in [1.29, 1.82) is 0 Å². The molecule has 2 aliphatic heterocycles. The number of benzene rings is 1. The van der Waals surface area contributed by atoms with E-state index in [1.54, 1.807) is 0 Å². The molecule has 5 nitrogen and oxygen atoms in total. The molecule has 2 saturated heterocycles. The van der Waals surface area contributed by atoms with Crippen LogP contribution in [0.1, 0.15) is 31.4 Å². The highest BCUT2D eigenvalue weighted by Crippen LogP contribution is 2.23. The summed E-state index contributed by atoms with van der Waals surface area (Å²) >= 11 is 6.09. The summed E-state index contributed by atoms with van der Waals surface area (Å²) in [6, 6.07) is 8.51. The van der Waals surface area contributed by atoms with Gasteiger partial charge < -0.3 is 15.0 Å². The number of morpholine rings is 1. The summed E-state index contributed by atoms with van der Waals surface area (Å²) in [7, 11) is 1.88. The van der Waals surface area contributed by atoms with Crippen LogP contribution < -0.4 is 5.32 Å². The Morgan fingerprint density at radius 3 is 2.65 bits per heavy atom. The molecule has 0 saturated carbocycles. The number of piperidine rings is 1. The van der Waals surface area contributed by atoms with Gasteiger partial charge in [0, 0.05) is 44.8 Å². The summed E-state index contributed by atoms with van der Waals surface area (Å²) in [5.74, 6) is 1.75. The number of hydrogen-bond donors (Lipinski definition) is 1. The van der Waals surface area contributed by atoms with Gasteiger partial charge in [-0.15, -0.1) is 0 Å². The first-order valence-electron chi connectivity index (χ1n) is 9.70. The number of aliphatic imine (C=N–C) groups is 1. The molecule has 0 spiro atoms. The molecule has 26 heavy (non-hydrogen) atoms. The van der Waals surface area contributed by atoms with Gasteiger partial charge in [-0.1, -0.05) is 30.7 Å². The maximum atomic E-state index is 6.09. The van der Waals surface area contributed by atoms with Gasteiger partial charge in [0.1, 0.15) is 0 Å². The smallest absolute Gasteiger partial charge is 0.193 e. The largest absolute Gasteiger partial charge is 0.379 e. The summed E-state index contributed by atoms with van der Waals surface area (Å²) < 4.78 is 5.54. The predicted octanol–water partition coefficient (Wildman–Crippen LogP) is 3.02. The van der Waals surface area contributed by atoms with Gasteiger partial charge in [-0.05, 0) is 36.5 Å². The van der Waals surface area contributed by atoms with Crippen molar-refractivity contribution in [3.8, 4) is 0 Å². The van der Waals surface area contributed by atoms with Crippen LogP contribution >= 0.6 is 11.6 Å². The third-order valence-electron chi connectivity index (χ3n) is 5.36. The number of ether oxygens (including phenoxy) is 1. The van der Waals surface area contributed by atoms with Crippen molar-refractivity contribution in [2.45, 2.75) is 25.8 Å². The molecule has 6 heteroatoms. The summed E-state index contributed by atoms with van der Waals surface area (Å²) in [6.45, 7) is 8.83. The molecule has 0 radical (unpaired) electrons. The average molecular weight is 379 g/mol. The monoisotopic (exact) mass is 378 g/mol. The molecule has 2 heterocycles. The zero-order chi connectivity index (χ0) is 18.4. The number of halogens is 1. The Morgan fingerprint density at radius 1 is 1.27 bits per heavy atom. The van der Waals surface area contributed by atoms with Crippen LogP contribution in [0.25, 0.3) is 0 Å². The van der Waals surface area contributed by atoms with Crippen LogP contribution in [0.4, 0.5) is 0 Å². The van der Waals surface area contributed by atoms with Crippen LogP contribution in [0.3, 0.4) is 0 Å². The Bertz CT molecular complexity index is 586. The Hall–Kier alpha value is -1.30. The molecule has 0 aromatic heterocycles. The SMILES string of the molecule is CN=C(NCC(c1ccc(Cl)cc1)N1CCOCC1)N1CCCC(C)C1. The highest BCUT2D eigenvalue weighted by Gasteiger charge is 2.25. The van der Waals surface area contributed by atoms with E-state index in [1.807, 2.05) is 19.2 Å². The molecule has 2 aliphatic rings. The lowest BCUT2D eigenvalue weighted by atomic mass is 10.0. The Labute approximate surface area is 162 Å². The Balaban J connectivity index is 1.69. The third kappa shape index (κ3) is 5.12. The topological polar surface area (TPSA) is 40.1 Å². The quantitative estimate of drug-likeness (QED) is 0.645. The lowest BCUT2D eigenvalue weighted by Crippen LogP contribution is -2.49. The van der Waals surface area contributed by atoms with E-state index >= 15 is 0 Å². The van der Waals surface area contributed by atoms with Crippen molar-refractivity contribution in [1.82, 2.24) is 15.1 Å². The van der Waals surface area contributed by atoms with E-state index in [1.165, 1.54) is 18.4 Å². The van der Waals surface area contributed by atoms with Crippen LogP contribution in [-0.4, -0.2) is 68.7 Å². The Morgan fingerprint density at radius 2 is 2.00 bits per heavy atom. The van der Waals surface area contributed by atoms with Crippen molar-refractivity contribution in [2.24, 2.45) is 10.9 Å². The van der Waals surface area contributed by atoms with Crippen LogP contribution in [0, 0.1) is 5.92 Å². The van der Waals surface area contributed by atoms with Gasteiger partial charge in [0.15, 0.2) is 5.96 Å². The van der Waals surface area contributed by atoms with Gasteiger partial charge in [-0.2, -0.15) is 0 Å². The van der Waals surface area contributed by atoms with Crippen LogP contribution in [-0.2, 0) is 4.74 Å². The maximum Gasteiger partial charge on any atom is 0.193 e. The fourth-order valence-corrected chi connectivity index (χ4v) is 4.06. The maximum absolute atomic E-state index is 6.09. The Kier molecular flexibility index (Phi) is 7.17. The van der Waals surface area contributed by atoms with Crippen molar-refractivity contribution in [3.63, 3.8) is 0 Å². The molecule has 1 aromatic carbocycles. The summed E-state index contributed by atoms with van der Waals surface area (Å²) in [5.41, 5.74) is 1.28. The lowest BCUT2D eigenvalue weighted by Gasteiger charge is -2.37. The van der Waals surface area contributed by atoms with Crippen molar-refractivity contribution in [2.75, 3.05) is 53.0 Å². The standard InChI is InChI=1S/C20H31ClN4O/c1-16-4-3-9-25(15-16)20(22-2)23-14-19(24-10-12-26-13-11-24)17-5-7-18(21)8-6-17/h5-8,16,19H,3-4,9-15H2,1-2H3,(H,22,23). The van der Waals surface area contributed by atoms with Gasteiger partial charge in [0.2, 0.25) is 0 Å². The first-order chi connectivity index (χ1) is 12.7. The van der Waals surface area contributed by atoms with E-state index in [0.717, 1.165) is 62.8 Å². The number of nitrogens with one attached hydrogen (secondary N) is 1. The number of rotatable bonds is 4. The first-order valence-corrected chi connectivity index (χ1v) is 10.1. The molecule has 2 fully saturated rings. The molecule has 1 N–H and O–H groups in total. The van der Waals surface area contributed by atoms with Crippen LogP contribution in [0.15, 0.2) is 29.3 Å². The summed E-state index contributed by atoms with van der Waals surface area (Å²) in [5, 5.41) is 4.41. The second-order valence-electron chi connectivity index (χ2n) is 7.34. The van der Waals surface area contributed by atoms with Crippen molar-refractivity contribution >= 4 is 17.6 Å². The number of hydrogen-bond acceptors (Lipinski definition) is 3. The normalized spacial score (nSPS) is 23.7. The molecule has 2 unspecified atom stereocenters. The van der Waals surface area contributed by atoms with Gasteiger partial charge >= 0.3 is 0 Å². The molecule has 3 rings (SSSR count). The van der Waals surface area contributed by atoms with Gasteiger partial charge in [-0.3, -0.25) is 9.89 Å². The molecule has 144 valence electrons. The molecule has 2 atom stereocenters. The van der Waals surface area contributed by atoms with E-state index in [9.17, 15) is 0 Å². The van der Waals surface area contributed by atoms with Crippen molar-refractivity contribution < 1.29 is 4.74 Å². The zero-order valence-corrected chi connectivity index (χ0v) is 16.7. The third-order valence-corrected chi connectivity index (χ3v) is 5.62. The average Bonchev–Trinajstić information content (AvgIpc) is 2.67. The van der Waals surface area contributed by atoms with E-state index < -0.39 is 0 Å². The minimum Gasteiger partial charge on any atom is -0.379 e. The lowest BCUT2D eigenvalue weighted by molar-refractivity contribution is 0.0168. The number of likely N-dealkylation sites (tertiary alicyclic amines) is 1. The van der Waals surface area contributed by atoms with Gasteiger partial charge in [0.05, 0.1) is 19.3 Å². The highest BCUT2D eigenvalue weighted by atomic mass is 35.5. The predicted molar refractivity (Wildman–Crippen MR) is 108 cm³/mol. The minimum atomic E-state index is 0.287. The molecule has 0 bridgehead atoms. The first kappa shape index (κ1) is 19.5. The molecule has 0 amide bonds. The minimum absolute atomic E-state index is 0.287. The zero-order valence-electron chi connectivity index (χ0n) is 16.0. The second kappa shape index (κ2) is 9.58. The molecule has 0 aliphatic carbocycles. The fraction of sp³-hybridized carbons (Fsp3) is 0.650. The second-order valence-corrected chi connectivity index (χ2v) is 7.77. The fourth-order valence-electron chi connectivity index (χ4n) is 3.93. The van der Waals surface area contributed by atoms with E-state index in [4.69, 9.17) is 16.3 Å². The van der Waals surface area contributed by atoms with Gasteiger partial charge in [-0.25, -0.2) is 0 Å². The van der Waals surface area contributed by atoms with Gasteiger partial charge in [0.25, 0.3) is 0 Å². The van der Waals surface area contributed by atoms with E-state index in [2.05, 4.69) is 39.2 Å². The molecular weight excluding hydrogens is 348 g/mol. The number of nitrogens with zero attached hydrogens (tertiary/aromatic N) is 3. The van der Waals surface area contributed by atoms with E-state index in [-0.39, 0.29) is 6.04 Å². The summed E-state index contributed by atoms with van der Waals surface area (Å²) in [6.07, 6.45) is 2.56.